The van der Waals surface area contributed by atoms with Gasteiger partial charge in [-0.3, -0.25) is 4.79 Å². The summed E-state index contributed by atoms with van der Waals surface area (Å²) in [5, 5.41) is 7.67. The molecular weight excluding hydrogens is 286 g/mol. The molecule has 2 atom stereocenters. The number of aromatic nitrogens is 1. The summed E-state index contributed by atoms with van der Waals surface area (Å²) < 4.78 is 0. The lowest BCUT2D eigenvalue weighted by Gasteiger charge is -2.29. The summed E-state index contributed by atoms with van der Waals surface area (Å²) in [6.07, 6.45) is 4.80. The number of H-pyrrole nitrogens is 1. The van der Waals surface area contributed by atoms with E-state index in [1.54, 1.807) is 0 Å². The van der Waals surface area contributed by atoms with Crippen LogP contribution in [0.5, 0.6) is 0 Å². The number of carbonyl (C=O) groups excluding carboxylic acids is 1. The zero-order valence-electron chi connectivity index (χ0n) is 14.3. The van der Waals surface area contributed by atoms with Crippen molar-refractivity contribution >= 4 is 22.5 Å². The van der Waals surface area contributed by atoms with Crippen molar-refractivity contribution in [1.29, 1.82) is 0 Å². The number of fused-ring (bicyclic) bond motifs is 1. The second-order valence-electron chi connectivity index (χ2n) is 6.81. The minimum atomic E-state index is 0.0179. The summed E-state index contributed by atoms with van der Waals surface area (Å²) in [7, 11) is 0. The van der Waals surface area contributed by atoms with Crippen molar-refractivity contribution in [3.8, 4) is 0 Å². The number of nitrogens with one attached hydrogen (secondary N) is 3. The molecule has 23 heavy (non-hydrogen) atoms. The second-order valence-corrected chi connectivity index (χ2v) is 6.81. The molecule has 4 nitrogen and oxygen atoms in total. The number of aryl methyl sites for hydroxylation is 1. The summed E-state index contributed by atoms with van der Waals surface area (Å²) in [4.78, 5) is 15.9. The highest BCUT2D eigenvalue weighted by Gasteiger charge is 2.23. The molecule has 2 aromatic rings. The van der Waals surface area contributed by atoms with E-state index in [1.807, 2.05) is 6.07 Å². The number of aromatic amines is 1. The molecule has 3 N–H and O–H groups in total. The number of hydrogen-bond donors (Lipinski definition) is 3. The Labute approximate surface area is 138 Å². The third kappa shape index (κ3) is 3.36. The molecule has 0 bridgehead atoms. The van der Waals surface area contributed by atoms with Gasteiger partial charge in [-0.2, -0.15) is 0 Å². The van der Waals surface area contributed by atoms with Crippen LogP contribution in [0.15, 0.2) is 18.2 Å². The first-order chi connectivity index (χ1) is 11.1. The topological polar surface area (TPSA) is 56.9 Å². The number of carbonyl (C=O) groups is 1. The molecular formula is C19H27N3O. The summed E-state index contributed by atoms with van der Waals surface area (Å²) in [5.41, 5.74) is 3.95. The normalized spacial score (nSPS) is 21.3. The van der Waals surface area contributed by atoms with Crippen LogP contribution < -0.4 is 10.6 Å². The number of benzene rings is 1. The van der Waals surface area contributed by atoms with Crippen molar-refractivity contribution in [1.82, 2.24) is 10.3 Å². The molecule has 0 aliphatic heterocycles. The standard InChI is InChI=1S/C19H27N3O/c1-4-20-14-9-13(3)15-11-18(21-17(15)10-14)19(23)22-16-8-6-5-7-12(16)2/h9-12,16,20-21H,4-8H2,1-3H3,(H,22,23)/t12-,16+/m0/s1. The SMILES string of the molecule is CCNc1cc(C)c2cc(C(=O)N[C@@H]3CCCC[C@@H]3C)[nH]c2c1. The molecule has 1 aliphatic rings. The lowest BCUT2D eigenvalue weighted by atomic mass is 9.86. The highest BCUT2D eigenvalue weighted by molar-refractivity contribution is 5.99. The molecule has 3 rings (SSSR count). The van der Waals surface area contributed by atoms with E-state index in [1.165, 1.54) is 24.8 Å². The van der Waals surface area contributed by atoms with Crippen LogP contribution in [-0.4, -0.2) is 23.5 Å². The highest BCUT2D eigenvalue weighted by Crippen LogP contribution is 2.26. The van der Waals surface area contributed by atoms with E-state index in [2.05, 4.69) is 48.5 Å². The number of rotatable bonds is 4. The fourth-order valence-electron chi connectivity index (χ4n) is 3.62. The van der Waals surface area contributed by atoms with E-state index in [9.17, 15) is 4.79 Å². The Bertz CT molecular complexity index is 704. The summed E-state index contributed by atoms with van der Waals surface area (Å²) in [6.45, 7) is 7.29. The average molecular weight is 313 g/mol. The Hall–Kier alpha value is -1.97. The molecule has 0 radical (unpaired) electrons. The first-order valence-electron chi connectivity index (χ1n) is 8.76. The van der Waals surface area contributed by atoms with E-state index in [4.69, 9.17) is 0 Å². The van der Waals surface area contributed by atoms with Crippen molar-refractivity contribution in [3.63, 3.8) is 0 Å². The summed E-state index contributed by atoms with van der Waals surface area (Å²) in [6, 6.07) is 6.49. The predicted molar refractivity (Wildman–Crippen MR) is 96.1 cm³/mol. The fourth-order valence-corrected chi connectivity index (χ4v) is 3.62. The zero-order valence-corrected chi connectivity index (χ0v) is 14.3. The van der Waals surface area contributed by atoms with Gasteiger partial charge in [0.1, 0.15) is 5.69 Å². The van der Waals surface area contributed by atoms with Gasteiger partial charge in [0.25, 0.3) is 5.91 Å². The number of anilines is 1. The Kier molecular flexibility index (Phi) is 4.60. The Morgan fingerprint density at radius 1 is 1.26 bits per heavy atom. The molecule has 0 unspecified atom stereocenters. The van der Waals surface area contributed by atoms with Crippen LogP contribution in [0.3, 0.4) is 0 Å². The van der Waals surface area contributed by atoms with Crippen molar-refractivity contribution in [2.45, 2.75) is 52.5 Å². The summed E-state index contributed by atoms with van der Waals surface area (Å²) in [5.74, 6) is 0.587. The molecule has 1 heterocycles. The minimum absolute atomic E-state index is 0.0179. The molecule has 4 heteroatoms. The molecule has 0 spiro atoms. The molecule has 1 aromatic carbocycles. The van der Waals surface area contributed by atoms with E-state index in [0.29, 0.717) is 17.7 Å². The maximum atomic E-state index is 12.6. The van der Waals surface area contributed by atoms with E-state index in [-0.39, 0.29) is 5.91 Å². The first kappa shape index (κ1) is 15.9. The maximum absolute atomic E-state index is 12.6. The minimum Gasteiger partial charge on any atom is -0.385 e. The molecule has 0 saturated heterocycles. The molecule has 1 saturated carbocycles. The molecule has 1 amide bonds. The van der Waals surface area contributed by atoms with Gasteiger partial charge in [0.2, 0.25) is 0 Å². The van der Waals surface area contributed by atoms with Crippen molar-refractivity contribution < 1.29 is 4.79 Å². The highest BCUT2D eigenvalue weighted by atomic mass is 16.1. The van der Waals surface area contributed by atoms with Gasteiger partial charge in [0.15, 0.2) is 0 Å². The second kappa shape index (κ2) is 6.65. The molecule has 1 aliphatic carbocycles. The largest absolute Gasteiger partial charge is 0.385 e. The Morgan fingerprint density at radius 2 is 2.04 bits per heavy atom. The van der Waals surface area contributed by atoms with Gasteiger partial charge < -0.3 is 15.6 Å². The number of amides is 1. The van der Waals surface area contributed by atoms with Gasteiger partial charge in [-0.25, -0.2) is 0 Å². The monoisotopic (exact) mass is 313 g/mol. The van der Waals surface area contributed by atoms with Gasteiger partial charge in [-0.1, -0.05) is 19.8 Å². The maximum Gasteiger partial charge on any atom is 0.267 e. The van der Waals surface area contributed by atoms with Crippen molar-refractivity contribution in [2.24, 2.45) is 5.92 Å². The fraction of sp³-hybridized carbons (Fsp3) is 0.526. The third-order valence-electron chi connectivity index (χ3n) is 5.00. The van der Waals surface area contributed by atoms with E-state index < -0.39 is 0 Å². The zero-order chi connectivity index (χ0) is 16.4. The smallest absolute Gasteiger partial charge is 0.267 e. The quantitative estimate of drug-likeness (QED) is 0.791. The number of hydrogen-bond acceptors (Lipinski definition) is 2. The van der Waals surface area contributed by atoms with Crippen LogP contribution in [0.1, 0.15) is 55.6 Å². The van der Waals surface area contributed by atoms with Crippen molar-refractivity contribution in [3.05, 3.63) is 29.5 Å². The summed E-state index contributed by atoms with van der Waals surface area (Å²) >= 11 is 0. The van der Waals surface area contributed by atoms with Gasteiger partial charge in [-0.15, -0.1) is 0 Å². The first-order valence-corrected chi connectivity index (χ1v) is 8.76. The lowest BCUT2D eigenvalue weighted by molar-refractivity contribution is 0.0906. The molecule has 1 fully saturated rings. The lowest BCUT2D eigenvalue weighted by Crippen LogP contribution is -2.41. The van der Waals surface area contributed by atoms with Gasteiger partial charge in [0.05, 0.1) is 0 Å². The Balaban J connectivity index is 1.82. The van der Waals surface area contributed by atoms with Crippen LogP contribution in [0.2, 0.25) is 0 Å². The van der Waals surface area contributed by atoms with Gasteiger partial charge in [0, 0.05) is 29.2 Å². The average Bonchev–Trinajstić information content (AvgIpc) is 2.95. The van der Waals surface area contributed by atoms with E-state index >= 15 is 0 Å². The molecule has 1 aromatic heterocycles. The predicted octanol–water partition coefficient (Wildman–Crippen LogP) is 4.22. The van der Waals surface area contributed by atoms with Crippen LogP contribution >= 0.6 is 0 Å². The van der Waals surface area contributed by atoms with Crippen LogP contribution in [0.25, 0.3) is 10.9 Å². The van der Waals surface area contributed by atoms with Crippen molar-refractivity contribution in [2.75, 3.05) is 11.9 Å². The van der Waals surface area contributed by atoms with Gasteiger partial charge >= 0.3 is 0 Å². The van der Waals surface area contributed by atoms with E-state index in [0.717, 1.165) is 29.6 Å². The van der Waals surface area contributed by atoms with Crippen LogP contribution in [-0.2, 0) is 0 Å². The van der Waals surface area contributed by atoms with Crippen LogP contribution in [0.4, 0.5) is 5.69 Å². The molecule has 124 valence electrons. The third-order valence-corrected chi connectivity index (χ3v) is 5.00. The van der Waals surface area contributed by atoms with Gasteiger partial charge in [-0.05, 0) is 56.4 Å². The van der Waals surface area contributed by atoms with Crippen LogP contribution in [0, 0.1) is 12.8 Å². The Morgan fingerprint density at radius 3 is 2.78 bits per heavy atom.